The fourth-order valence-electron chi connectivity index (χ4n) is 2.48. The molecule has 1 aliphatic rings. The van der Waals surface area contributed by atoms with Crippen LogP contribution in [0.15, 0.2) is 30.3 Å². The van der Waals surface area contributed by atoms with Crippen LogP contribution >= 0.6 is 0 Å². The molecular formula is C13H19N. The largest absolute Gasteiger partial charge is 0.305 e. The van der Waals surface area contributed by atoms with Gasteiger partial charge in [-0.2, -0.15) is 0 Å². The molecule has 0 amide bonds. The zero-order valence-electron chi connectivity index (χ0n) is 9.09. The van der Waals surface area contributed by atoms with E-state index < -0.39 is 0 Å². The highest BCUT2D eigenvalue weighted by Crippen LogP contribution is 2.31. The fourth-order valence-corrected chi connectivity index (χ4v) is 2.48. The lowest BCUT2D eigenvalue weighted by atomic mass is 9.82. The third-order valence-corrected chi connectivity index (χ3v) is 3.29. The smallest absolute Gasteiger partial charge is 0.0408 e. The molecular weight excluding hydrogens is 170 g/mol. The van der Waals surface area contributed by atoms with E-state index in [1.54, 1.807) is 0 Å². The van der Waals surface area contributed by atoms with E-state index in [-0.39, 0.29) is 5.54 Å². The lowest BCUT2D eigenvalue weighted by Gasteiger charge is -2.39. The molecule has 1 aromatic rings. The van der Waals surface area contributed by atoms with E-state index in [1.165, 1.54) is 24.8 Å². The van der Waals surface area contributed by atoms with Crippen molar-refractivity contribution in [3.8, 4) is 0 Å². The maximum absolute atomic E-state index is 3.71. The molecule has 2 rings (SSSR count). The average molecular weight is 189 g/mol. The molecule has 0 aromatic heterocycles. The van der Waals surface area contributed by atoms with Crippen LogP contribution in [0, 0.1) is 0 Å². The van der Waals surface area contributed by atoms with Crippen LogP contribution in [0.3, 0.4) is 0 Å². The molecule has 1 nitrogen and oxygen atoms in total. The van der Waals surface area contributed by atoms with Gasteiger partial charge in [-0.15, -0.1) is 0 Å². The lowest BCUT2D eigenvalue weighted by Crippen LogP contribution is -2.47. The van der Waals surface area contributed by atoms with E-state index in [0.717, 1.165) is 0 Å². The Hall–Kier alpha value is -0.820. The lowest BCUT2D eigenvalue weighted by molar-refractivity contribution is 0.236. The first-order chi connectivity index (χ1) is 6.71. The second kappa shape index (κ2) is 3.74. The van der Waals surface area contributed by atoms with Gasteiger partial charge in [0.1, 0.15) is 0 Å². The van der Waals surface area contributed by atoms with Crippen molar-refractivity contribution in [3.63, 3.8) is 0 Å². The first kappa shape index (κ1) is 9.72. The highest BCUT2D eigenvalue weighted by atomic mass is 15.0. The number of benzene rings is 1. The summed E-state index contributed by atoms with van der Waals surface area (Å²) in [6, 6.07) is 11.4. The normalized spacial score (nSPS) is 32.9. The van der Waals surface area contributed by atoms with Gasteiger partial charge in [0.2, 0.25) is 0 Å². The van der Waals surface area contributed by atoms with Crippen molar-refractivity contribution in [1.29, 1.82) is 0 Å². The minimum absolute atomic E-state index is 0.193. The minimum Gasteiger partial charge on any atom is -0.305 e. The van der Waals surface area contributed by atoms with Gasteiger partial charge >= 0.3 is 0 Å². The fraction of sp³-hybridized carbons (Fsp3) is 0.538. The van der Waals surface area contributed by atoms with Gasteiger partial charge in [-0.1, -0.05) is 30.3 Å². The summed E-state index contributed by atoms with van der Waals surface area (Å²) in [7, 11) is 0. The number of nitrogens with one attached hydrogen (secondary N) is 1. The highest BCUT2D eigenvalue weighted by molar-refractivity contribution is 5.24. The maximum atomic E-state index is 3.71. The standard InChI is InChI=1S/C13H19N/c1-11-7-6-10-13(2,14-11)12-8-4-3-5-9-12/h3-5,8-9,11,14H,6-7,10H2,1-2H3. The van der Waals surface area contributed by atoms with Crippen molar-refractivity contribution in [3.05, 3.63) is 35.9 Å². The van der Waals surface area contributed by atoms with Crippen molar-refractivity contribution < 1.29 is 0 Å². The van der Waals surface area contributed by atoms with Crippen LogP contribution in [-0.2, 0) is 5.54 Å². The summed E-state index contributed by atoms with van der Waals surface area (Å²) in [6.07, 6.45) is 3.89. The third kappa shape index (κ3) is 1.83. The quantitative estimate of drug-likeness (QED) is 0.716. The zero-order valence-corrected chi connectivity index (χ0v) is 9.09. The first-order valence-electron chi connectivity index (χ1n) is 5.54. The first-order valence-corrected chi connectivity index (χ1v) is 5.54. The molecule has 0 bridgehead atoms. The second-order valence-corrected chi connectivity index (χ2v) is 4.64. The van der Waals surface area contributed by atoms with Gasteiger partial charge in [-0.3, -0.25) is 0 Å². The molecule has 0 saturated carbocycles. The van der Waals surface area contributed by atoms with Crippen molar-refractivity contribution in [2.75, 3.05) is 0 Å². The van der Waals surface area contributed by atoms with E-state index in [9.17, 15) is 0 Å². The predicted octanol–water partition coefficient (Wildman–Crippen LogP) is 3.06. The molecule has 0 spiro atoms. The van der Waals surface area contributed by atoms with Gasteiger partial charge in [-0.25, -0.2) is 0 Å². The van der Waals surface area contributed by atoms with Crippen LogP contribution in [0.1, 0.15) is 38.7 Å². The van der Waals surface area contributed by atoms with Gasteiger partial charge in [0.25, 0.3) is 0 Å². The van der Waals surface area contributed by atoms with E-state index in [0.29, 0.717) is 6.04 Å². The Morgan fingerprint density at radius 2 is 2.00 bits per heavy atom. The third-order valence-electron chi connectivity index (χ3n) is 3.29. The van der Waals surface area contributed by atoms with Crippen LogP contribution in [-0.4, -0.2) is 6.04 Å². The Bertz CT molecular complexity index is 293. The Balaban J connectivity index is 2.23. The molecule has 1 heteroatoms. The van der Waals surface area contributed by atoms with Crippen LogP contribution in [0.2, 0.25) is 0 Å². The highest BCUT2D eigenvalue weighted by Gasteiger charge is 2.30. The van der Waals surface area contributed by atoms with Gasteiger partial charge in [0.15, 0.2) is 0 Å². The average Bonchev–Trinajstić information content (AvgIpc) is 2.19. The van der Waals surface area contributed by atoms with Crippen LogP contribution in [0.5, 0.6) is 0 Å². The molecule has 1 aromatic carbocycles. The number of hydrogen-bond donors (Lipinski definition) is 1. The molecule has 0 radical (unpaired) electrons. The zero-order chi connectivity index (χ0) is 10.0. The van der Waals surface area contributed by atoms with Crippen molar-refractivity contribution >= 4 is 0 Å². The molecule has 1 heterocycles. The summed E-state index contributed by atoms with van der Waals surface area (Å²) in [6.45, 7) is 4.60. The van der Waals surface area contributed by atoms with Crippen molar-refractivity contribution in [2.24, 2.45) is 0 Å². The van der Waals surface area contributed by atoms with E-state index in [1.807, 2.05) is 0 Å². The molecule has 1 aliphatic heterocycles. The summed E-state index contributed by atoms with van der Waals surface area (Å²) in [5, 5.41) is 3.71. The monoisotopic (exact) mass is 189 g/mol. The van der Waals surface area contributed by atoms with Crippen molar-refractivity contribution in [1.82, 2.24) is 5.32 Å². The predicted molar refractivity (Wildman–Crippen MR) is 60.2 cm³/mol. The summed E-state index contributed by atoms with van der Waals surface area (Å²) in [4.78, 5) is 0. The molecule has 76 valence electrons. The summed E-state index contributed by atoms with van der Waals surface area (Å²) >= 11 is 0. The summed E-state index contributed by atoms with van der Waals surface area (Å²) in [5.74, 6) is 0. The van der Waals surface area contributed by atoms with Gasteiger partial charge < -0.3 is 5.32 Å². The molecule has 0 aliphatic carbocycles. The molecule has 14 heavy (non-hydrogen) atoms. The molecule has 1 fully saturated rings. The minimum atomic E-state index is 0.193. The Morgan fingerprint density at radius 1 is 1.29 bits per heavy atom. The molecule has 2 unspecified atom stereocenters. The summed E-state index contributed by atoms with van der Waals surface area (Å²) < 4.78 is 0. The maximum Gasteiger partial charge on any atom is 0.0408 e. The molecule has 2 atom stereocenters. The Kier molecular flexibility index (Phi) is 2.60. The SMILES string of the molecule is CC1CCCC(C)(c2ccccc2)N1. The van der Waals surface area contributed by atoms with Gasteiger partial charge in [0, 0.05) is 11.6 Å². The topological polar surface area (TPSA) is 12.0 Å². The number of hydrogen-bond acceptors (Lipinski definition) is 1. The van der Waals surface area contributed by atoms with E-state index >= 15 is 0 Å². The van der Waals surface area contributed by atoms with Crippen LogP contribution < -0.4 is 5.32 Å². The van der Waals surface area contributed by atoms with E-state index in [2.05, 4.69) is 49.5 Å². The summed E-state index contributed by atoms with van der Waals surface area (Å²) in [5.41, 5.74) is 1.62. The van der Waals surface area contributed by atoms with Crippen LogP contribution in [0.25, 0.3) is 0 Å². The van der Waals surface area contributed by atoms with Crippen LogP contribution in [0.4, 0.5) is 0 Å². The van der Waals surface area contributed by atoms with Gasteiger partial charge in [-0.05, 0) is 38.7 Å². The molecule has 1 saturated heterocycles. The number of rotatable bonds is 1. The van der Waals surface area contributed by atoms with Gasteiger partial charge in [0.05, 0.1) is 0 Å². The Morgan fingerprint density at radius 3 is 2.64 bits per heavy atom. The van der Waals surface area contributed by atoms with Crippen molar-refractivity contribution in [2.45, 2.75) is 44.7 Å². The molecule has 1 N–H and O–H groups in total. The van der Waals surface area contributed by atoms with E-state index in [4.69, 9.17) is 0 Å². The second-order valence-electron chi connectivity index (χ2n) is 4.64. The Labute approximate surface area is 86.5 Å². The number of piperidine rings is 1.